The molecule has 0 bridgehead atoms. The second-order valence-corrected chi connectivity index (χ2v) is 10.4. The predicted octanol–water partition coefficient (Wildman–Crippen LogP) is 3.82. The molecule has 0 fully saturated rings. The fourth-order valence-corrected chi connectivity index (χ4v) is 5.45. The first-order valence-corrected chi connectivity index (χ1v) is 12.0. The normalized spacial score (nSPS) is 17.1. The van der Waals surface area contributed by atoms with Gasteiger partial charge in [-0.15, -0.1) is 0 Å². The van der Waals surface area contributed by atoms with Gasteiger partial charge in [-0.25, -0.2) is 17.7 Å². The zero-order chi connectivity index (χ0) is 21.5. The Morgan fingerprint density at radius 1 is 1.13 bits per heavy atom. The second-order valence-electron chi connectivity index (χ2n) is 8.23. The van der Waals surface area contributed by atoms with Gasteiger partial charge in [0.1, 0.15) is 5.82 Å². The lowest BCUT2D eigenvalue weighted by atomic mass is 9.87. The third-order valence-electron chi connectivity index (χ3n) is 6.15. The van der Waals surface area contributed by atoms with Crippen LogP contribution in [0.5, 0.6) is 0 Å². The van der Waals surface area contributed by atoms with Gasteiger partial charge in [0.2, 0.25) is 10.0 Å². The van der Waals surface area contributed by atoms with Gasteiger partial charge in [0.05, 0.1) is 22.5 Å². The summed E-state index contributed by atoms with van der Waals surface area (Å²) in [7, 11) is 1.78. The van der Waals surface area contributed by atoms with E-state index >= 15 is 0 Å². The Kier molecular flexibility index (Phi) is 5.70. The highest BCUT2D eigenvalue weighted by Crippen LogP contribution is 2.34. The Hall–Kier alpha value is -2.22. The van der Waals surface area contributed by atoms with Crippen molar-refractivity contribution in [3.8, 4) is 0 Å². The molecule has 2 aromatic carbocycles. The second kappa shape index (κ2) is 8.13. The summed E-state index contributed by atoms with van der Waals surface area (Å²) in [5, 5.41) is 0. The Balaban J connectivity index is 1.68. The summed E-state index contributed by atoms with van der Waals surface area (Å²) in [4.78, 5) is 7.50. The Bertz CT molecular complexity index is 1170. The SMILES string of the molecule is CCn1c(CN(C)[C@@H]2CCCc3ccccc32)nc2cc(S(=O)(=O)N(C)C)ccc21. The highest BCUT2D eigenvalue weighted by Gasteiger charge is 2.25. The molecule has 160 valence electrons. The van der Waals surface area contributed by atoms with E-state index in [1.54, 1.807) is 26.2 Å². The van der Waals surface area contributed by atoms with Crippen molar-refractivity contribution in [1.82, 2.24) is 18.8 Å². The van der Waals surface area contributed by atoms with Crippen molar-refractivity contribution < 1.29 is 8.42 Å². The van der Waals surface area contributed by atoms with Gasteiger partial charge in [-0.3, -0.25) is 4.90 Å². The summed E-state index contributed by atoms with van der Waals surface area (Å²) >= 11 is 0. The molecule has 4 rings (SSSR count). The summed E-state index contributed by atoms with van der Waals surface area (Å²) in [6.07, 6.45) is 3.49. The van der Waals surface area contributed by atoms with E-state index in [1.807, 2.05) is 6.07 Å². The van der Waals surface area contributed by atoms with Gasteiger partial charge in [0.25, 0.3) is 0 Å². The third kappa shape index (κ3) is 3.66. The van der Waals surface area contributed by atoms with E-state index in [2.05, 4.69) is 47.7 Å². The monoisotopic (exact) mass is 426 g/mol. The maximum atomic E-state index is 12.5. The number of aryl methyl sites for hydroxylation is 2. The van der Waals surface area contributed by atoms with Gasteiger partial charge in [-0.05, 0) is 62.6 Å². The number of nitrogens with zero attached hydrogens (tertiary/aromatic N) is 4. The zero-order valence-electron chi connectivity index (χ0n) is 18.2. The molecule has 1 atom stereocenters. The fourth-order valence-electron chi connectivity index (χ4n) is 4.52. The minimum absolute atomic E-state index is 0.280. The Labute approximate surface area is 179 Å². The minimum Gasteiger partial charge on any atom is -0.327 e. The quantitative estimate of drug-likeness (QED) is 0.601. The lowest BCUT2D eigenvalue weighted by Crippen LogP contribution is -2.28. The number of rotatable bonds is 6. The number of fused-ring (bicyclic) bond motifs is 2. The van der Waals surface area contributed by atoms with Gasteiger partial charge in [-0.2, -0.15) is 0 Å². The third-order valence-corrected chi connectivity index (χ3v) is 7.97. The van der Waals surface area contributed by atoms with E-state index in [0.29, 0.717) is 6.04 Å². The first-order valence-electron chi connectivity index (χ1n) is 10.5. The predicted molar refractivity (Wildman–Crippen MR) is 120 cm³/mol. The van der Waals surface area contributed by atoms with Crippen molar-refractivity contribution in [1.29, 1.82) is 0 Å². The van der Waals surface area contributed by atoms with Gasteiger partial charge in [-0.1, -0.05) is 24.3 Å². The zero-order valence-corrected chi connectivity index (χ0v) is 19.0. The van der Waals surface area contributed by atoms with Crippen molar-refractivity contribution in [3.05, 3.63) is 59.4 Å². The highest BCUT2D eigenvalue weighted by atomic mass is 32.2. The molecule has 6 nitrogen and oxygen atoms in total. The number of sulfonamides is 1. The average Bonchev–Trinajstić information content (AvgIpc) is 3.09. The first kappa shape index (κ1) is 21.0. The highest BCUT2D eigenvalue weighted by molar-refractivity contribution is 7.89. The van der Waals surface area contributed by atoms with Gasteiger partial charge in [0, 0.05) is 26.7 Å². The van der Waals surface area contributed by atoms with E-state index in [1.165, 1.54) is 21.9 Å². The molecule has 30 heavy (non-hydrogen) atoms. The molecule has 0 amide bonds. The molecule has 3 aromatic rings. The molecular weight excluding hydrogens is 396 g/mol. The van der Waals surface area contributed by atoms with Crippen LogP contribution in [-0.4, -0.2) is 48.3 Å². The number of aromatic nitrogens is 2. The van der Waals surface area contributed by atoms with Crippen LogP contribution >= 0.6 is 0 Å². The number of hydrogen-bond acceptors (Lipinski definition) is 4. The molecule has 1 aliphatic rings. The standard InChI is InChI=1S/C23H30N4O2S/c1-5-27-22-14-13-18(30(28,29)25(2)3)15-20(22)24-23(27)16-26(4)21-12-8-10-17-9-6-7-11-19(17)21/h6-7,9,11,13-15,21H,5,8,10,12,16H2,1-4H3/t21-/m1/s1. The van der Waals surface area contributed by atoms with Crippen LogP contribution in [0, 0.1) is 0 Å². The maximum absolute atomic E-state index is 12.5. The van der Waals surface area contributed by atoms with Crippen molar-refractivity contribution in [3.63, 3.8) is 0 Å². The molecule has 1 aromatic heterocycles. The van der Waals surface area contributed by atoms with Gasteiger partial charge < -0.3 is 4.57 Å². The van der Waals surface area contributed by atoms with Crippen LogP contribution < -0.4 is 0 Å². The number of benzene rings is 2. The van der Waals surface area contributed by atoms with Crippen LogP contribution in [0.1, 0.15) is 42.8 Å². The summed E-state index contributed by atoms with van der Waals surface area (Å²) in [6.45, 7) is 3.61. The molecule has 0 aliphatic heterocycles. The van der Waals surface area contributed by atoms with Crippen LogP contribution in [-0.2, 0) is 29.5 Å². The molecule has 0 N–H and O–H groups in total. The van der Waals surface area contributed by atoms with E-state index in [9.17, 15) is 8.42 Å². The van der Waals surface area contributed by atoms with Crippen LogP contribution in [0.3, 0.4) is 0 Å². The Morgan fingerprint density at radius 2 is 1.90 bits per heavy atom. The van der Waals surface area contributed by atoms with Crippen LogP contribution in [0.15, 0.2) is 47.4 Å². The smallest absolute Gasteiger partial charge is 0.242 e. The van der Waals surface area contributed by atoms with Gasteiger partial charge in [0.15, 0.2) is 0 Å². The number of imidazole rings is 1. The van der Waals surface area contributed by atoms with E-state index in [-0.39, 0.29) is 4.90 Å². The Morgan fingerprint density at radius 3 is 2.63 bits per heavy atom. The summed E-state index contributed by atoms with van der Waals surface area (Å²) < 4.78 is 28.5. The van der Waals surface area contributed by atoms with Crippen LogP contribution in [0.4, 0.5) is 0 Å². The molecule has 0 spiro atoms. The van der Waals surface area contributed by atoms with Crippen molar-refractivity contribution >= 4 is 21.1 Å². The van der Waals surface area contributed by atoms with Crippen LogP contribution in [0.25, 0.3) is 11.0 Å². The molecule has 0 unspecified atom stereocenters. The van der Waals surface area contributed by atoms with Crippen molar-refractivity contribution in [2.24, 2.45) is 0 Å². The molecule has 7 heteroatoms. The molecular formula is C23H30N4O2S. The lowest BCUT2D eigenvalue weighted by molar-refractivity contribution is 0.206. The maximum Gasteiger partial charge on any atom is 0.242 e. The van der Waals surface area contributed by atoms with E-state index < -0.39 is 10.0 Å². The molecule has 0 saturated heterocycles. The molecule has 0 radical (unpaired) electrons. The summed E-state index contributed by atoms with van der Waals surface area (Å²) in [6, 6.07) is 14.4. The summed E-state index contributed by atoms with van der Waals surface area (Å²) in [5.74, 6) is 0.970. The fraction of sp³-hybridized carbons (Fsp3) is 0.435. The summed E-state index contributed by atoms with van der Waals surface area (Å²) in [5.41, 5.74) is 4.57. The average molecular weight is 427 g/mol. The molecule has 1 heterocycles. The minimum atomic E-state index is -3.48. The topological polar surface area (TPSA) is 58.4 Å². The first-order chi connectivity index (χ1) is 14.3. The van der Waals surface area contributed by atoms with Crippen LogP contribution in [0.2, 0.25) is 0 Å². The van der Waals surface area contributed by atoms with E-state index in [4.69, 9.17) is 4.98 Å². The largest absolute Gasteiger partial charge is 0.327 e. The molecule has 0 saturated carbocycles. The van der Waals surface area contributed by atoms with Gasteiger partial charge >= 0.3 is 0 Å². The van der Waals surface area contributed by atoms with Crippen molar-refractivity contribution in [2.45, 2.75) is 50.2 Å². The van der Waals surface area contributed by atoms with Crippen molar-refractivity contribution in [2.75, 3.05) is 21.1 Å². The number of hydrogen-bond donors (Lipinski definition) is 0. The molecule has 1 aliphatic carbocycles. The lowest BCUT2D eigenvalue weighted by Gasteiger charge is -2.33. The van der Waals surface area contributed by atoms with E-state index in [0.717, 1.165) is 42.8 Å².